The van der Waals surface area contributed by atoms with E-state index in [0.717, 1.165) is 26.3 Å². The van der Waals surface area contributed by atoms with Gasteiger partial charge in [0.25, 0.3) is 0 Å². The second kappa shape index (κ2) is 5.80. The number of nitrogens with zero attached hydrogens (tertiary/aromatic N) is 1. The average Bonchev–Trinajstić information content (AvgIpc) is 1.90. The van der Waals surface area contributed by atoms with Crippen LogP contribution in [0.2, 0.25) is 0 Å². The molecule has 1 fully saturated rings. The molecule has 0 amide bonds. The number of ether oxygens (including phenoxy) is 1. The van der Waals surface area contributed by atoms with E-state index >= 15 is 0 Å². The molecule has 0 radical (unpaired) electrons. The molecular weight excluding hydrogens is 177 g/mol. The Labute approximate surface area is 95.5 Å². The van der Waals surface area contributed by atoms with Gasteiger partial charge in [-0.05, 0) is 0 Å². The van der Waals surface area contributed by atoms with Crippen molar-refractivity contribution < 1.29 is 35.7 Å². The average molecular weight is 187 g/mol. The number of thiol groups is 1. The fourth-order valence-electron chi connectivity index (χ4n) is 0.755. The monoisotopic (exact) mass is 187 g/mol. The molecular formula is C5H10NNaOS2. The molecule has 1 saturated heterocycles. The van der Waals surface area contributed by atoms with Crippen LogP contribution >= 0.6 is 24.8 Å². The molecule has 1 rings (SSSR count). The third-order valence-corrected chi connectivity index (χ3v) is 1.82. The van der Waals surface area contributed by atoms with Crippen molar-refractivity contribution in [3.63, 3.8) is 0 Å². The van der Waals surface area contributed by atoms with Crippen LogP contribution in [0.15, 0.2) is 0 Å². The fourth-order valence-corrected chi connectivity index (χ4v) is 1.14. The van der Waals surface area contributed by atoms with E-state index in [-0.39, 0.29) is 31.0 Å². The Bertz CT molecular complexity index is 121. The van der Waals surface area contributed by atoms with Gasteiger partial charge in [0.15, 0.2) is 0 Å². The summed E-state index contributed by atoms with van der Waals surface area (Å²) in [5, 5.41) is 0. The van der Waals surface area contributed by atoms with Crippen LogP contribution in [0.3, 0.4) is 0 Å². The molecule has 10 heavy (non-hydrogen) atoms. The number of morpholine rings is 1. The van der Waals surface area contributed by atoms with Crippen LogP contribution in [0, 0.1) is 0 Å². The molecule has 2 nitrogen and oxygen atoms in total. The second-order valence-electron chi connectivity index (χ2n) is 1.88. The SMILES string of the molecule is S=C(S)N1CCOCC1.[H-].[Na+]. The van der Waals surface area contributed by atoms with Gasteiger partial charge in [-0.3, -0.25) is 0 Å². The first-order valence-corrected chi connectivity index (χ1v) is 3.72. The van der Waals surface area contributed by atoms with E-state index in [2.05, 4.69) is 12.6 Å². The quantitative estimate of drug-likeness (QED) is 0.259. The number of hydrogen-bond donors (Lipinski definition) is 1. The van der Waals surface area contributed by atoms with Gasteiger partial charge < -0.3 is 11.1 Å². The summed E-state index contributed by atoms with van der Waals surface area (Å²) in [5.74, 6) is 0. The largest absolute Gasteiger partial charge is 1.00 e. The maximum absolute atomic E-state index is 5.11. The molecule has 0 unspecified atom stereocenters. The van der Waals surface area contributed by atoms with Crippen LogP contribution in [-0.2, 0) is 4.74 Å². The van der Waals surface area contributed by atoms with Gasteiger partial charge in [-0.1, -0.05) is 12.2 Å². The van der Waals surface area contributed by atoms with Crippen molar-refractivity contribution in [2.45, 2.75) is 0 Å². The van der Waals surface area contributed by atoms with Crippen molar-refractivity contribution in [1.82, 2.24) is 4.90 Å². The number of hydrogen-bond acceptors (Lipinski definition) is 2. The normalized spacial score (nSPS) is 17.9. The van der Waals surface area contributed by atoms with Crippen LogP contribution in [-0.4, -0.2) is 35.5 Å². The van der Waals surface area contributed by atoms with Crippen molar-refractivity contribution in [2.75, 3.05) is 26.3 Å². The molecule has 0 aromatic carbocycles. The predicted molar refractivity (Wildman–Crippen MR) is 45.1 cm³/mol. The molecule has 0 aromatic heterocycles. The molecule has 0 N–H and O–H groups in total. The summed E-state index contributed by atoms with van der Waals surface area (Å²) in [4.78, 5) is 2.03. The first-order valence-electron chi connectivity index (χ1n) is 2.86. The molecule has 0 atom stereocenters. The Morgan fingerprint density at radius 3 is 2.30 bits per heavy atom. The topological polar surface area (TPSA) is 12.5 Å². The zero-order valence-electron chi connectivity index (χ0n) is 7.04. The zero-order chi connectivity index (χ0) is 6.69. The Hall–Kier alpha value is 1.20. The zero-order valence-corrected chi connectivity index (χ0v) is 9.75. The van der Waals surface area contributed by atoms with Crippen LogP contribution < -0.4 is 29.6 Å². The number of thiocarbonyl (C=S) groups is 1. The van der Waals surface area contributed by atoms with E-state index in [0.29, 0.717) is 4.32 Å². The Morgan fingerprint density at radius 1 is 1.50 bits per heavy atom. The van der Waals surface area contributed by atoms with Gasteiger partial charge in [0.1, 0.15) is 4.32 Å². The van der Waals surface area contributed by atoms with Crippen LogP contribution in [0.5, 0.6) is 0 Å². The smallest absolute Gasteiger partial charge is 1.00 e. The predicted octanol–water partition coefficient (Wildman–Crippen LogP) is -2.35. The molecule has 0 saturated carbocycles. The third-order valence-electron chi connectivity index (χ3n) is 1.28. The Kier molecular flexibility index (Phi) is 6.50. The maximum atomic E-state index is 5.11. The summed E-state index contributed by atoms with van der Waals surface area (Å²) >= 11 is 8.89. The van der Waals surface area contributed by atoms with Crippen molar-refractivity contribution in [2.24, 2.45) is 0 Å². The number of rotatable bonds is 0. The molecule has 5 heteroatoms. The standard InChI is InChI=1S/C5H9NOS2.Na.H/c8-5(9)6-1-3-7-4-2-6;;/h1-4H2,(H,8,9);;/q;+1;-1. The Balaban J connectivity index is 0. The second-order valence-corrected chi connectivity index (χ2v) is 2.99. The van der Waals surface area contributed by atoms with Crippen LogP contribution in [0.1, 0.15) is 1.43 Å². The minimum atomic E-state index is 0. The van der Waals surface area contributed by atoms with Gasteiger partial charge in [-0.25, -0.2) is 0 Å². The first kappa shape index (κ1) is 11.2. The van der Waals surface area contributed by atoms with E-state index in [1.807, 2.05) is 4.90 Å². The van der Waals surface area contributed by atoms with Crippen LogP contribution in [0.4, 0.5) is 0 Å². The first-order chi connectivity index (χ1) is 4.30. The molecule has 1 aliphatic heterocycles. The van der Waals surface area contributed by atoms with Gasteiger partial charge in [0, 0.05) is 13.1 Å². The van der Waals surface area contributed by atoms with Crippen molar-refractivity contribution in [3.8, 4) is 0 Å². The Morgan fingerprint density at radius 2 is 2.00 bits per heavy atom. The van der Waals surface area contributed by atoms with Crippen molar-refractivity contribution >= 4 is 29.2 Å². The minimum absolute atomic E-state index is 0. The summed E-state index contributed by atoms with van der Waals surface area (Å²) in [6, 6.07) is 0. The van der Waals surface area contributed by atoms with Crippen molar-refractivity contribution in [3.05, 3.63) is 0 Å². The van der Waals surface area contributed by atoms with Crippen LogP contribution in [0.25, 0.3) is 0 Å². The molecule has 54 valence electrons. The van der Waals surface area contributed by atoms with Gasteiger partial charge >= 0.3 is 29.6 Å². The summed E-state index contributed by atoms with van der Waals surface area (Å²) < 4.78 is 5.79. The third kappa shape index (κ3) is 3.55. The molecule has 0 spiro atoms. The van der Waals surface area contributed by atoms with E-state index in [9.17, 15) is 0 Å². The maximum Gasteiger partial charge on any atom is 1.00 e. The summed E-state index contributed by atoms with van der Waals surface area (Å²) in [7, 11) is 0. The molecule has 0 bridgehead atoms. The minimum Gasteiger partial charge on any atom is -1.00 e. The van der Waals surface area contributed by atoms with Gasteiger partial charge in [0.2, 0.25) is 0 Å². The van der Waals surface area contributed by atoms with Gasteiger partial charge in [-0.15, -0.1) is 12.6 Å². The van der Waals surface area contributed by atoms with E-state index in [4.69, 9.17) is 17.0 Å². The molecule has 0 aromatic rings. The summed E-state index contributed by atoms with van der Waals surface area (Å²) in [6.07, 6.45) is 0. The molecule has 1 aliphatic rings. The molecule has 1 heterocycles. The van der Waals surface area contributed by atoms with Crippen molar-refractivity contribution in [1.29, 1.82) is 0 Å². The van der Waals surface area contributed by atoms with E-state index in [1.165, 1.54) is 0 Å². The summed E-state index contributed by atoms with van der Waals surface area (Å²) in [6.45, 7) is 3.34. The van der Waals surface area contributed by atoms with Gasteiger partial charge in [0.05, 0.1) is 13.2 Å². The summed E-state index contributed by atoms with van der Waals surface area (Å²) in [5.41, 5.74) is 0. The molecule has 0 aliphatic carbocycles. The fraction of sp³-hybridized carbons (Fsp3) is 0.800. The van der Waals surface area contributed by atoms with Gasteiger partial charge in [-0.2, -0.15) is 0 Å². The van der Waals surface area contributed by atoms with E-state index in [1.54, 1.807) is 0 Å². The van der Waals surface area contributed by atoms with E-state index < -0.39 is 0 Å².